The van der Waals surface area contributed by atoms with Crippen LogP contribution in [0.25, 0.3) is 0 Å². The lowest BCUT2D eigenvalue weighted by Crippen LogP contribution is -2.36. The molecule has 1 heterocycles. The molecule has 0 unspecified atom stereocenters. The average Bonchev–Trinajstić information content (AvgIpc) is 2.03. The van der Waals surface area contributed by atoms with Crippen LogP contribution in [0.1, 0.15) is 19.3 Å². The molecule has 1 rings (SSSR count). The molecule has 0 bridgehead atoms. The van der Waals surface area contributed by atoms with E-state index < -0.39 is 5.97 Å². The van der Waals surface area contributed by atoms with Crippen molar-refractivity contribution in [1.29, 1.82) is 0 Å². The highest BCUT2D eigenvalue weighted by Crippen LogP contribution is 2.18. The second-order valence-electron chi connectivity index (χ2n) is 3.41. The molecule has 1 fully saturated rings. The maximum Gasteiger partial charge on any atom is 0.303 e. The van der Waals surface area contributed by atoms with Crippen molar-refractivity contribution >= 4 is 5.97 Å². The van der Waals surface area contributed by atoms with Crippen molar-refractivity contribution in [2.24, 2.45) is 5.92 Å². The molecule has 3 heteroatoms. The number of likely N-dealkylation sites (tertiary alicyclic amines) is 1. The topological polar surface area (TPSA) is 40.5 Å². The Morgan fingerprint density at radius 3 is 3.00 bits per heavy atom. The summed E-state index contributed by atoms with van der Waals surface area (Å²) < 4.78 is 0. The van der Waals surface area contributed by atoms with Crippen molar-refractivity contribution < 1.29 is 9.90 Å². The van der Waals surface area contributed by atoms with Crippen LogP contribution in [0.5, 0.6) is 0 Å². The van der Waals surface area contributed by atoms with E-state index in [-0.39, 0.29) is 0 Å². The Bertz CT molecular complexity index is 159. The van der Waals surface area contributed by atoms with Gasteiger partial charge >= 0.3 is 5.97 Å². The quantitative estimate of drug-likeness (QED) is 0.687. The fourth-order valence-electron chi connectivity index (χ4n) is 1.77. The van der Waals surface area contributed by atoms with Gasteiger partial charge in [0.1, 0.15) is 0 Å². The minimum Gasteiger partial charge on any atom is -0.481 e. The van der Waals surface area contributed by atoms with E-state index in [4.69, 9.17) is 5.11 Å². The van der Waals surface area contributed by atoms with Gasteiger partial charge in [-0.25, -0.2) is 0 Å². The lowest BCUT2D eigenvalue weighted by Gasteiger charge is -2.30. The standard InChI is InChI=1S/C9H16NO2/c1-2-10-5-3-4-8(7-10)6-9(11)12/h8H,1-7H2,(H,11,12)/t8-/m0/s1. The van der Waals surface area contributed by atoms with Gasteiger partial charge in [0.2, 0.25) is 0 Å². The van der Waals surface area contributed by atoms with E-state index in [9.17, 15) is 4.79 Å². The van der Waals surface area contributed by atoms with E-state index in [1.807, 2.05) is 0 Å². The highest BCUT2D eigenvalue weighted by atomic mass is 16.4. The summed E-state index contributed by atoms with van der Waals surface area (Å²) in [5.74, 6) is -0.330. The molecular formula is C9H16NO2. The molecule has 1 atom stereocenters. The van der Waals surface area contributed by atoms with Gasteiger partial charge in [0.25, 0.3) is 0 Å². The van der Waals surface area contributed by atoms with E-state index in [0.29, 0.717) is 12.3 Å². The summed E-state index contributed by atoms with van der Waals surface area (Å²) in [5.41, 5.74) is 0. The normalized spacial score (nSPS) is 25.6. The predicted octanol–water partition coefficient (Wildman–Crippen LogP) is 1.01. The number of carboxylic acid groups (broad SMARTS) is 1. The van der Waals surface area contributed by atoms with Crippen LogP contribution in [0.3, 0.4) is 0 Å². The van der Waals surface area contributed by atoms with Gasteiger partial charge in [0.05, 0.1) is 0 Å². The Kier molecular flexibility index (Phi) is 3.53. The van der Waals surface area contributed by atoms with E-state index in [1.165, 1.54) is 0 Å². The smallest absolute Gasteiger partial charge is 0.303 e. The maximum absolute atomic E-state index is 10.4. The van der Waals surface area contributed by atoms with Crippen molar-refractivity contribution in [3.8, 4) is 0 Å². The summed E-state index contributed by atoms with van der Waals surface area (Å²) in [4.78, 5) is 12.6. The number of piperidine rings is 1. The summed E-state index contributed by atoms with van der Waals surface area (Å²) >= 11 is 0. The second-order valence-corrected chi connectivity index (χ2v) is 3.41. The van der Waals surface area contributed by atoms with Crippen LogP contribution in [0, 0.1) is 12.8 Å². The molecule has 0 amide bonds. The molecule has 0 saturated carbocycles. The molecule has 0 aromatic heterocycles. The Balaban J connectivity index is 2.30. The zero-order valence-corrected chi connectivity index (χ0v) is 7.33. The van der Waals surface area contributed by atoms with Crippen LogP contribution in [0.2, 0.25) is 0 Å². The van der Waals surface area contributed by atoms with Gasteiger partial charge < -0.3 is 10.0 Å². The SMILES string of the molecule is [CH2]CN1CCC[C@@H](CC(=O)O)C1. The molecule has 1 radical (unpaired) electrons. The minimum absolute atomic E-state index is 0.316. The third kappa shape index (κ3) is 2.81. The summed E-state index contributed by atoms with van der Waals surface area (Å²) in [6.07, 6.45) is 2.49. The van der Waals surface area contributed by atoms with Gasteiger partial charge in [-0.05, 0) is 38.8 Å². The number of carboxylic acids is 1. The van der Waals surface area contributed by atoms with E-state index >= 15 is 0 Å². The van der Waals surface area contributed by atoms with Crippen molar-refractivity contribution in [2.75, 3.05) is 19.6 Å². The van der Waals surface area contributed by atoms with Crippen molar-refractivity contribution in [3.63, 3.8) is 0 Å². The fraction of sp³-hybridized carbons (Fsp3) is 0.778. The molecule has 0 spiro atoms. The first-order valence-electron chi connectivity index (χ1n) is 4.45. The van der Waals surface area contributed by atoms with Gasteiger partial charge in [0, 0.05) is 13.0 Å². The van der Waals surface area contributed by atoms with Gasteiger partial charge in [-0.1, -0.05) is 0 Å². The van der Waals surface area contributed by atoms with E-state index in [2.05, 4.69) is 11.8 Å². The Hall–Kier alpha value is -0.570. The predicted molar refractivity (Wildman–Crippen MR) is 46.8 cm³/mol. The van der Waals surface area contributed by atoms with Crippen LogP contribution < -0.4 is 0 Å². The molecule has 1 aliphatic rings. The molecule has 1 saturated heterocycles. The molecule has 3 nitrogen and oxygen atoms in total. The maximum atomic E-state index is 10.4. The Morgan fingerprint density at radius 2 is 2.42 bits per heavy atom. The molecule has 12 heavy (non-hydrogen) atoms. The number of aliphatic carboxylic acids is 1. The second kappa shape index (κ2) is 4.45. The molecular weight excluding hydrogens is 154 g/mol. The summed E-state index contributed by atoms with van der Waals surface area (Å²) in [6.45, 7) is 6.60. The summed E-state index contributed by atoms with van der Waals surface area (Å²) in [5, 5.41) is 8.59. The first kappa shape index (κ1) is 9.52. The Morgan fingerprint density at radius 1 is 1.67 bits per heavy atom. The largest absolute Gasteiger partial charge is 0.481 e. The number of rotatable bonds is 3. The number of hydrogen-bond acceptors (Lipinski definition) is 2. The fourth-order valence-corrected chi connectivity index (χ4v) is 1.77. The van der Waals surface area contributed by atoms with Gasteiger partial charge in [-0.15, -0.1) is 0 Å². The molecule has 0 aromatic rings. The van der Waals surface area contributed by atoms with Gasteiger partial charge in [-0.3, -0.25) is 4.79 Å². The van der Waals surface area contributed by atoms with Crippen LogP contribution in [0.15, 0.2) is 0 Å². The highest BCUT2D eigenvalue weighted by Gasteiger charge is 2.20. The summed E-state index contributed by atoms with van der Waals surface area (Å²) in [6, 6.07) is 0. The van der Waals surface area contributed by atoms with Crippen LogP contribution in [0.4, 0.5) is 0 Å². The number of carbonyl (C=O) groups is 1. The van der Waals surface area contributed by atoms with Crippen molar-refractivity contribution in [1.82, 2.24) is 4.90 Å². The van der Waals surface area contributed by atoms with E-state index in [1.54, 1.807) is 0 Å². The van der Waals surface area contributed by atoms with E-state index in [0.717, 1.165) is 32.5 Å². The van der Waals surface area contributed by atoms with Crippen LogP contribution >= 0.6 is 0 Å². The monoisotopic (exact) mass is 170 g/mol. The lowest BCUT2D eigenvalue weighted by atomic mass is 9.95. The van der Waals surface area contributed by atoms with Crippen molar-refractivity contribution in [2.45, 2.75) is 19.3 Å². The third-order valence-electron chi connectivity index (χ3n) is 2.38. The van der Waals surface area contributed by atoms with Gasteiger partial charge in [0.15, 0.2) is 0 Å². The summed E-state index contributed by atoms with van der Waals surface area (Å²) in [7, 11) is 0. The molecule has 69 valence electrons. The molecule has 0 aliphatic carbocycles. The highest BCUT2D eigenvalue weighted by molar-refractivity contribution is 5.67. The average molecular weight is 170 g/mol. The first-order valence-corrected chi connectivity index (χ1v) is 4.45. The third-order valence-corrected chi connectivity index (χ3v) is 2.38. The van der Waals surface area contributed by atoms with Crippen LogP contribution in [-0.4, -0.2) is 35.6 Å². The lowest BCUT2D eigenvalue weighted by molar-refractivity contribution is -0.138. The molecule has 1 N–H and O–H groups in total. The zero-order valence-electron chi connectivity index (χ0n) is 7.33. The first-order chi connectivity index (χ1) is 5.72. The van der Waals surface area contributed by atoms with Crippen molar-refractivity contribution in [3.05, 3.63) is 6.92 Å². The minimum atomic E-state index is -0.675. The zero-order chi connectivity index (χ0) is 8.97. The number of nitrogens with zero attached hydrogens (tertiary/aromatic N) is 1. The Labute approximate surface area is 73.4 Å². The number of hydrogen-bond donors (Lipinski definition) is 1. The van der Waals surface area contributed by atoms with Crippen LogP contribution in [-0.2, 0) is 4.79 Å². The molecule has 0 aromatic carbocycles. The van der Waals surface area contributed by atoms with Gasteiger partial charge in [-0.2, -0.15) is 0 Å². The molecule has 1 aliphatic heterocycles.